The first-order valence-corrected chi connectivity index (χ1v) is 8.74. The lowest BCUT2D eigenvalue weighted by molar-refractivity contribution is -0.131. The first-order chi connectivity index (χ1) is 12.1. The Balaban J connectivity index is 1.50. The highest BCUT2D eigenvalue weighted by atomic mass is 32.2. The fraction of sp³-hybridized carbons (Fsp3) is 0.100. The van der Waals surface area contributed by atoms with Crippen LogP contribution >= 0.6 is 11.8 Å². The first kappa shape index (κ1) is 17.0. The fourth-order valence-electron chi connectivity index (χ4n) is 2.40. The molecule has 25 heavy (non-hydrogen) atoms. The summed E-state index contributed by atoms with van der Waals surface area (Å²) in [5, 5.41) is 11.1. The van der Waals surface area contributed by atoms with Crippen molar-refractivity contribution in [2.75, 3.05) is 12.4 Å². The largest absolute Gasteiger partial charge is 0.493 e. The molecule has 0 bridgehead atoms. The summed E-state index contributed by atoms with van der Waals surface area (Å²) in [4.78, 5) is 23.1. The van der Waals surface area contributed by atoms with Crippen LogP contribution in [0.3, 0.4) is 0 Å². The molecule has 0 atom stereocenters. The minimum Gasteiger partial charge on any atom is -0.493 e. The fourth-order valence-corrected chi connectivity index (χ4v) is 3.18. The third-order valence-electron chi connectivity index (χ3n) is 3.65. The van der Waals surface area contributed by atoms with Crippen molar-refractivity contribution in [3.05, 3.63) is 72.3 Å². The van der Waals surface area contributed by atoms with Crippen molar-refractivity contribution in [1.82, 2.24) is 0 Å². The molecular formula is C20H16O4S. The predicted molar refractivity (Wildman–Crippen MR) is 98.6 cm³/mol. The van der Waals surface area contributed by atoms with Crippen LogP contribution in [0.15, 0.2) is 71.6 Å². The molecule has 0 aliphatic carbocycles. The van der Waals surface area contributed by atoms with Crippen LogP contribution in [0, 0.1) is 0 Å². The SMILES string of the molecule is O=C(O)C(=O)c1ccc(OCCSc2ccc3ccccc3c2)cc1. The second kappa shape index (κ2) is 7.85. The summed E-state index contributed by atoms with van der Waals surface area (Å²) in [5.74, 6) is -0.978. The number of thioether (sulfide) groups is 1. The van der Waals surface area contributed by atoms with Crippen molar-refractivity contribution in [2.45, 2.75) is 4.90 Å². The van der Waals surface area contributed by atoms with E-state index in [0.717, 1.165) is 5.75 Å². The predicted octanol–water partition coefficient (Wildman–Crippen LogP) is 4.28. The molecule has 1 N–H and O–H groups in total. The molecule has 0 unspecified atom stereocenters. The van der Waals surface area contributed by atoms with Gasteiger partial charge in [-0.15, -0.1) is 11.8 Å². The highest BCUT2D eigenvalue weighted by molar-refractivity contribution is 7.99. The van der Waals surface area contributed by atoms with Crippen LogP contribution in [-0.4, -0.2) is 29.2 Å². The molecule has 5 heteroatoms. The topological polar surface area (TPSA) is 63.6 Å². The summed E-state index contributed by atoms with van der Waals surface area (Å²) in [7, 11) is 0. The van der Waals surface area contributed by atoms with Crippen LogP contribution < -0.4 is 4.74 Å². The van der Waals surface area contributed by atoms with Gasteiger partial charge >= 0.3 is 5.97 Å². The first-order valence-electron chi connectivity index (χ1n) is 7.75. The summed E-state index contributed by atoms with van der Waals surface area (Å²) < 4.78 is 5.63. The number of rotatable bonds is 7. The van der Waals surface area contributed by atoms with Crippen LogP contribution in [0.4, 0.5) is 0 Å². The number of ether oxygens (including phenoxy) is 1. The molecule has 0 radical (unpaired) electrons. The van der Waals surface area contributed by atoms with Crippen LogP contribution in [0.5, 0.6) is 5.75 Å². The Morgan fingerprint density at radius 3 is 2.36 bits per heavy atom. The van der Waals surface area contributed by atoms with Crippen molar-refractivity contribution in [2.24, 2.45) is 0 Å². The molecule has 0 spiro atoms. The molecule has 0 heterocycles. The highest BCUT2D eigenvalue weighted by Crippen LogP contribution is 2.23. The van der Waals surface area contributed by atoms with Gasteiger partial charge in [0.1, 0.15) is 5.75 Å². The smallest absolute Gasteiger partial charge is 0.377 e. The second-order valence-electron chi connectivity index (χ2n) is 5.36. The van der Waals surface area contributed by atoms with Crippen molar-refractivity contribution in [3.8, 4) is 5.75 Å². The number of carboxylic acid groups (broad SMARTS) is 1. The van der Waals surface area contributed by atoms with Crippen molar-refractivity contribution in [3.63, 3.8) is 0 Å². The third kappa shape index (κ3) is 4.39. The summed E-state index contributed by atoms with van der Waals surface area (Å²) in [5.41, 5.74) is 0.144. The maximum Gasteiger partial charge on any atom is 0.377 e. The molecule has 0 fully saturated rings. The summed E-state index contributed by atoms with van der Waals surface area (Å²) in [6, 6.07) is 20.7. The molecule has 0 amide bonds. The molecule has 0 aliphatic heterocycles. The van der Waals surface area contributed by atoms with Crippen LogP contribution in [0.2, 0.25) is 0 Å². The average molecular weight is 352 g/mol. The Morgan fingerprint density at radius 1 is 0.920 bits per heavy atom. The number of hydrogen-bond donors (Lipinski definition) is 1. The van der Waals surface area contributed by atoms with E-state index in [1.807, 2.05) is 12.1 Å². The molecule has 126 valence electrons. The van der Waals surface area contributed by atoms with Gasteiger partial charge in [0.2, 0.25) is 0 Å². The van der Waals surface area contributed by atoms with E-state index in [1.165, 1.54) is 27.8 Å². The van der Waals surface area contributed by atoms with E-state index < -0.39 is 11.8 Å². The maximum atomic E-state index is 11.3. The quantitative estimate of drug-likeness (QED) is 0.298. The minimum atomic E-state index is -1.46. The van der Waals surface area contributed by atoms with Gasteiger partial charge in [-0.25, -0.2) is 4.79 Å². The van der Waals surface area contributed by atoms with Gasteiger partial charge < -0.3 is 9.84 Å². The van der Waals surface area contributed by atoms with Crippen molar-refractivity contribution >= 4 is 34.3 Å². The van der Waals surface area contributed by atoms with E-state index in [2.05, 4.69) is 30.3 Å². The molecule has 0 aromatic heterocycles. The maximum absolute atomic E-state index is 11.3. The number of carbonyl (C=O) groups is 2. The Bertz CT molecular complexity index is 903. The average Bonchev–Trinajstić information content (AvgIpc) is 2.65. The lowest BCUT2D eigenvalue weighted by atomic mass is 10.1. The van der Waals surface area contributed by atoms with E-state index in [4.69, 9.17) is 9.84 Å². The molecule has 3 aromatic rings. The lowest BCUT2D eigenvalue weighted by Crippen LogP contribution is -2.12. The number of benzene rings is 3. The normalized spacial score (nSPS) is 10.6. The monoisotopic (exact) mass is 352 g/mol. The summed E-state index contributed by atoms with van der Waals surface area (Å²) in [6.45, 7) is 0.518. The van der Waals surface area contributed by atoms with Gasteiger partial charge in [0.15, 0.2) is 0 Å². The number of ketones is 1. The molecule has 3 rings (SSSR count). The van der Waals surface area contributed by atoms with Gasteiger partial charge in [0, 0.05) is 16.2 Å². The van der Waals surface area contributed by atoms with Gasteiger partial charge in [-0.1, -0.05) is 30.3 Å². The molecule has 4 nitrogen and oxygen atoms in total. The Labute approximate surface area is 149 Å². The highest BCUT2D eigenvalue weighted by Gasteiger charge is 2.13. The summed E-state index contributed by atoms with van der Waals surface area (Å²) in [6.07, 6.45) is 0. The number of aliphatic carboxylic acids is 1. The zero-order valence-corrected chi connectivity index (χ0v) is 14.2. The molecule has 3 aromatic carbocycles. The molecular weight excluding hydrogens is 336 g/mol. The minimum absolute atomic E-state index is 0.144. The Hall–Kier alpha value is -2.79. The van der Waals surface area contributed by atoms with Gasteiger partial charge in [0.25, 0.3) is 5.78 Å². The standard InChI is InChI=1S/C20H16O4S/c21-19(20(22)23)15-5-8-17(9-6-15)24-11-12-25-18-10-7-14-3-1-2-4-16(14)13-18/h1-10,13H,11-12H2,(H,22,23). The zero-order chi connectivity index (χ0) is 17.6. The van der Waals surface area contributed by atoms with Gasteiger partial charge in [-0.2, -0.15) is 0 Å². The van der Waals surface area contributed by atoms with Crippen molar-refractivity contribution < 1.29 is 19.4 Å². The van der Waals surface area contributed by atoms with Crippen molar-refractivity contribution in [1.29, 1.82) is 0 Å². The van der Waals surface area contributed by atoms with Gasteiger partial charge in [-0.05, 0) is 47.2 Å². The van der Waals surface area contributed by atoms with Gasteiger partial charge in [-0.3, -0.25) is 4.79 Å². The molecule has 0 saturated heterocycles. The Kier molecular flexibility index (Phi) is 5.36. The number of carbonyl (C=O) groups excluding carboxylic acids is 1. The summed E-state index contributed by atoms with van der Waals surface area (Å²) >= 11 is 1.71. The van der Waals surface area contributed by atoms with Gasteiger partial charge in [0.05, 0.1) is 6.61 Å². The number of hydrogen-bond acceptors (Lipinski definition) is 4. The van der Waals surface area contributed by atoms with Crippen LogP contribution in [0.25, 0.3) is 10.8 Å². The van der Waals surface area contributed by atoms with E-state index in [-0.39, 0.29) is 5.56 Å². The Morgan fingerprint density at radius 2 is 1.64 bits per heavy atom. The van der Waals surface area contributed by atoms with E-state index in [0.29, 0.717) is 12.4 Å². The van der Waals surface area contributed by atoms with Crippen LogP contribution in [-0.2, 0) is 4.79 Å². The van der Waals surface area contributed by atoms with Crippen LogP contribution in [0.1, 0.15) is 10.4 Å². The second-order valence-corrected chi connectivity index (χ2v) is 6.53. The lowest BCUT2D eigenvalue weighted by Gasteiger charge is -2.07. The molecule has 0 aliphatic rings. The molecule has 0 saturated carbocycles. The van der Waals surface area contributed by atoms with E-state index >= 15 is 0 Å². The number of Topliss-reactive ketones (excluding diaryl/α,β-unsaturated/α-hetero) is 1. The number of carboxylic acids is 1. The third-order valence-corrected chi connectivity index (χ3v) is 4.61. The number of fused-ring (bicyclic) bond motifs is 1. The van der Waals surface area contributed by atoms with E-state index in [9.17, 15) is 9.59 Å². The van der Waals surface area contributed by atoms with E-state index in [1.54, 1.807) is 23.9 Å². The zero-order valence-electron chi connectivity index (χ0n) is 13.3.